The van der Waals surface area contributed by atoms with Gasteiger partial charge in [0.2, 0.25) is 0 Å². The first kappa shape index (κ1) is 14.8. The topological polar surface area (TPSA) is 58.6 Å². The molecule has 1 saturated carbocycles. The van der Waals surface area contributed by atoms with Gasteiger partial charge in [0, 0.05) is 44.7 Å². The van der Waals surface area contributed by atoms with Crippen LogP contribution in [0.5, 0.6) is 0 Å². The third kappa shape index (κ3) is 5.28. The van der Waals surface area contributed by atoms with Crippen LogP contribution in [-0.2, 0) is 19.1 Å². The number of rotatable bonds is 10. The van der Waals surface area contributed by atoms with Gasteiger partial charge in [-0.3, -0.25) is 9.59 Å². The summed E-state index contributed by atoms with van der Waals surface area (Å²) in [6, 6.07) is 0. The Morgan fingerprint density at radius 2 is 1.24 bits per heavy atom. The molecule has 0 N–H and O–H groups in total. The Balaban J connectivity index is 1.26. The number of nitrogens with zero attached hydrogens (tertiary/aromatic N) is 2. The van der Waals surface area contributed by atoms with Crippen LogP contribution in [0.1, 0.15) is 25.7 Å². The number of hydrogen-bond acceptors (Lipinski definition) is 6. The fourth-order valence-corrected chi connectivity index (χ4v) is 2.21. The molecule has 1 aliphatic carbocycles. The molecule has 3 rings (SSSR count). The molecule has 0 atom stereocenters. The highest BCUT2D eigenvalue weighted by Crippen LogP contribution is 2.46. The van der Waals surface area contributed by atoms with Crippen LogP contribution in [0, 0.1) is 5.41 Å². The van der Waals surface area contributed by atoms with E-state index in [0.717, 1.165) is 52.1 Å². The van der Waals surface area contributed by atoms with Crippen molar-refractivity contribution in [2.75, 3.05) is 52.5 Å². The van der Waals surface area contributed by atoms with Crippen molar-refractivity contribution in [3.05, 3.63) is 0 Å². The van der Waals surface area contributed by atoms with Crippen molar-refractivity contribution < 1.29 is 19.1 Å². The Morgan fingerprint density at radius 1 is 0.810 bits per heavy atom. The smallest absolute Gasteiger partial charge is 0.307 e. The lowest BCUT2D eigenvalue weighted by Crippen LogP contribution is -2.23. The van der Waals surface area contributed by atoms with E-state index in [-0.39, 0.29) is 17.4 Å². The average Bonchev–Trinajstić information content (AvgIpc) is 3.36. The van der Waals surface area contributed by atoms with E-state index in [9.17, 15) is 9.59 Å². The summed E-state index contributed by atoms with van der Waals surface area (Å²) in [5.74, 6) is -0.276. The van der Waals surface area contributed by atoms with Gasteiger partial charge < -0.3 is 19.3 Å². The maximum Gasteiger partial charge on any atom is 0.307 e. The van der Waals surface area contributed by atoms with E-state index >= 15 is 0 Å². The van der Waals surface area contributed by atoms with Gasteiger partial charge in [-0.1, -0.05) is 0 Å². The van der Waals surface area contributed by atoms with Crippen molar-refractivity contribution in [1.29, 1.82) is 0 Å². The normalized spacial score (nSPS) is 22.7. The molecular formula is C15H24N2O4. The number of hydrogen-bond donors (Lipinski definition) is 0. The molecule has 0 amide bonds. The van der Waals surface area contributed by atoms with Crippen LogP contribution in [0.15, 0.2) is 0 Å². The highest BCUT2D eigenvalue weighted by Gasteiger charge is 2.45. The summed E-state index contributed by atoms with van der Waals surface area (Å²) in [6.07, 6.45) is 2.88. The molecule has 0 radical (unpaired) electrons. The van der Waals surface area contributed by atoms with Crippen molar-refractivity contribution in [2.45, 2.75) is 25.7 Å². The molecule has 0 bridgehead atoms. The molecule has 118 valence electrons. The molecule has 2 heterocycles. The van der Waals surface area contributed by atoms with Gasteiger partial charge >= 0.3 is 11.9 Å². The Bertz CT molecular complexity index is 366. The van der Waals surface area contributed by atoms with Gasteiger partial charge in [-0.15, -0.1) is 0 Å². The zero-order chi connectivity index (χ0) is 14.7. The molecule has 6 nitrogen and oxygen atoms in total. The molecule has 2 aliphatic heterocycles. The molecule has 3 aliphatic rings. The molecular weight excluding hydrogens is 272 g/mol. The summed E-state index contributed by atoms with van der Waals surface area (Å²) >= 11 is 0. The maximum atomic E-state index is 11.6. The minimum atomic E-state index is -0.138. The number of carbonyl (C=O) groups is 2. The Labute approximate surface area is 125 Å². The minimum absolute atomic E-state index is 0.0922. The lowest BCUT2D eigenvalue weighted by Gasteiger charge is -2.15. The standard InChI is InChI=1S/C15H24N2O4/c18-13(1-5-16-7-8-16)20-11-15(3-4-15)12-21-14(19)2-6-17-9-10-17/h1-12H2. The zero-order valence-electron chi connectivity index (χ0n) is 12.5. The van der Waals surface area contributed by atoms with Gasteiger partial charge in [0.05, 0.1) is 12.8 Å². The van der Waals surface area contributed by atoms with Crippen molar-refractivity contribution in [3.8, 4) is 0 Å². The fraction of sp³-hybridized carbons (Fsp3) is 0.867. The molecule has 2 saturated heterocycles. The summed E-state index contributed by atoms with van der Waals surface area (Å²) in [5, 5.41) is 0. The summed E-state index contributed by atoms with van der Waals surface area (Å²) in [6.45, 7) is 6.80. The third-order valence-electron chi connectivity index (χ3n) is 4.38. The maximum absolute atomic E-state index is 11.6. The summed E-state index contributed by atoms with van der Waals surface area (Å²) in [4.78, 5) is 27.6. The Kier molecular flexibility index (Phi) is 4.45. The van der Waals surface area contributed by atoms with Crippen LogP contribution < -0.4 is 0 Å². The van der Waals surface area contributed by atoms with E-state index in [2.05, 4.69) is 9.80 Å². The summed E-state index contributed by atoms with van der Waals surface area (Å²) in [7, 11) is 0. The van der Waals surface area contributed by atoms with Crippen LogP contribution in [0.2, 0.25) is 0 Å². The average molecular weight is 296 g/mol. The van der Waals surface area contributed by atoms with E-state index in [1.807, 2.05) is 0 Å². The van der Waals surface area contributed by atoms with Crippen LogP contribution in [0.3, 0.4) is 0 Å². The van der Waals surface area contributed by atoms with Gasteiger partial charge in [-0.05, 0) is 12.8 Å². The van der Waals surface area contributed by atoms with Gasteiger partial charge in [0.25, 0.3) is 0 Å². The van der Waals surface area contributed by atoms with E-state index in [4.69, 9.17) is 9.47 Å². The lowest BCUT2D eigenvalue weighted by molar-refractivity contribution is -0.150. The number of carbonyl (C=O) groups excluding carboxylic acids is 2. The van der Waals surface area contributed by atoms with Crippen molar-refractivity contribution in [2.24, 2.45) is 5.41 Å². The lowest BCUT2D eigenvalue weighted by atomic mass is 10.1. The van der Waals surface area contributed by atoms with E-state index in [0.29, 0.717) is 26.1 Å². The van der Waals surface area contributed by atoms with Crippen molar-refractivity contribution >= 4 is 11.9 Å². The zero-order valence-corrected chi connectivity index (χ0v) is 12.5. The Hall–Kier alpha value is -1.14. The molecule has 21 heavy (non-hydrogen) atoms. The van der Waals surface area contributed by atoms with E-state index in [1.54, 1.807) is 0 Å². The summed E-state index contributed by atoms with van der Waals surface area (Å²) in [5.41, 5.74) is -0.0922. The third-order valence-corrected chi connectivity index (χ3v) is 4.38. The van der Waals surface area contributed by atoms with Crippen LogP contribution in [0.4, 0.5) is 0 Å². The largest absolute Gasteiger partial charge is 0.465 e. The van der Waals surface area contributed by atoms with E-state index < -0.39 is 0 Å². The molecule has 0 unspecified atom stereocenters. The first-order valence-electron chi connectivity index (χ1n) is 7.91. The highest BCUT2D eigenvalue weighted by molar-refractivity contribution is 5.70. The van der Waals surface area contributed by atoms with Crippen molar-refractivity contribution in [3.63, 3.8) is 0 Å². The van der Waals surface area contributed by atoms with Gasteiger partial charge in [0.15, 0.2) is 0 Å². The monoisotopic (exact) mass is 296 g/mol. The number of ether oxygens (including phenoxy) is 2. The SMILES string of the molecule is O=C(CCN1CC1)OCC1(COC(=O)CCN2CC2)CC1. The second-order valence-corrected chi connectivity index (χ2v) is 6.50. The van der Waals surface area contributed by atoms with Crippen LogP contribution in [0.25, 0.3) is 0 Å². The number of esters is 2. The highest BCUT2D eigenvalue weighted by atomic mass is 16.5. The predicted octanol–water partition coefficient (Wildman–Crippen LogP) is 0.264. The van der Waals surface area contributed by atoms with Gasteiger partial charge in [-0.25, -0.2) is 0 Å². The van der Waals surface area contributed by atoms with Gasteiger partial charge in [0.1, 0.15) is 13.2 Å². The molecule has 0 aromatic carbocycles. The van der Waals surface area contributed by atoms with Crippen molar-refractivity contribution in [1.82, 2.24) is 9.80 Å². The minimum Gasteiger partial charge on any atom is -0.465 e. The second kappa shape index (κ2) is 6.32. The van der Waals surface area contributed by atoms with Crippen LogP contribution in [-0.4, -0.2) is 74.2 Å². The van der Waals surface area contributed by atoms with E-state index in [1.165, 1.54) is 0 Å². The molecule has 0 spiro atoms. The first-order chi connectivity index (χ1) is 10.2. The van der Waals surface area contributed by atoms with Crippen LogP contribution >= 0.6 is 0 Å². The molecule has 6 heteroatoms. The molecule has 3 fully saturated rings. The van der Waals surface area contributed by atoms with Gasteiger partial charge in [-0.2, -0.15) is 0 Å². The molecule has 0 aromatic rings. The fourth-order valence-electron chi connectivity index (χ4n) is 2.21. The second-order valence-electron chi connectivity index (χ2n) is 6.50. The first-order valence-corrected chi connectivity index (χ1v) is 7.91. The predicted molar refractivity (Wildman–Crippen MR) is 75.7 cm³/mol. The quantitative estimate of drug-likeness (QED) is 0.426. The summed E-state index contributed by atoms with van der Waals surface area (Å²) < 4.78 is 10.6. The molecule has 0 aromatic heterocycles. The Morgan fingerprint density at radius 3 is 1.57 bits per heavy atom.